The van der Waals surface area contributed by atoms with Crippen LogP contribution in [0.2, 0.25) is 5.02 Å². The average Bonchev–Trinajstić information content (AvgIpc) is 3.23. The molecule has 23 heavy (non-hydrogen) atoms. The van der Waals surface area contributed by atoms with Crippen LogP contribution in [0.4, 0.5) is 0 Å². The number of carbonyl (C=O) groups is 1. The Morgan fingerprint density at radius 2 is 2.30 bits per heavy atom. The second kappa shape index (κ2) is 5.85. The number of halogens is 1. The number of carbonyl (C=O) groups excluding carboxylic acids is 1. The van der Waals surface area contributed by atoms with Crippen molar-refractivity contribution in [3.63, 3.8) is 0 Å². The van der Waals surface area contributed by atoms with Crippen molar-refractivity contribution >= 4 is 17.5 Å². The number of ether oxygens (including phenoxy) is 1. The molecule has 0 saturated carbocycles. The van der Waals surface area contributed by atoms with E-state index in [1.807, 2.05) is 21.7 Å². The lowest BCUT2D eigenvalue weighted by Crippen LogP contribution is -2.46. The third kappa shape index (κ3) is 2.79. The number of benzene rings is 1. The van der Waals surface area contributed by atoms with E-state index in [2.05, 4.69) is 10.1 Å². The van der Waals surface area contributed by atoms with E-state index in [-0.39, 0.29) is 11.9 Å². The number of aromatic nitrogens is 3. The van der Waals surface area contributed by atoms with Gasteiger partial charge in [0.05, 0.1) is 6.04 Å². The van der Waals surface area contributed by atoms with E-state index in [1.165, 1.54) is 6.33 Å². The number of nitrogens with zero attached hydrogens (tertiary/aromatic N) is 4. The average molecular weight is 333 g/mol. The minimum atomic E-state index is -0.446. The third-order valence-electron chi connectivity index (χ3n) is 4.49. The standard InChI is InChI=1S/C16H17ClN4O2/c17-12-3-4-14-11(6-12)7-15(23-14)16(22)20-5-1-2-13(8-20)21-10-18-9-19-21/h3-4,6,9-10,13,15H,1-2,5,7-8H2/t13-,15+/m0/s1. The molecular weight excluding hydrogens is 316 g/mol. The van der Waals surface area contributed by atoms with Crippen LogP contribution in [0.15, 0.2) is 30.9 Å². The van der Waals surface area contributed by atoms with E-state index in [4.69, 9.17) is 16.3 Å². The summed E-state index contributed by atoms with van der Waals surface area (Å²) in [5.41, 5.74) is 1.00. The second-order valence-corrected chi connectivity index (χ2v) is 6.45. The van der Waals surface area contributed by atoms with Crippen molar-refractivity contribution in [2.45, 2.75) is 31.4 Å². The lowest BCUT2D eigenvalue weighted by Gasteiger charge is -2.33. The Labute approximate surface area is 139 Å². The van der Waals surface area contributed by atoms with E-state index in [0.29, 0.717) is 18.0 Å². The van der Waals surface area contributed by atoms with Crippen LogP contribution >= 0.6 is 11.6 Å². The molecule has 0 aliphatic carbocycles. The SMILES string of the molecule is O=C([C@H]1Cc2cc(Cl)ccc2O1)N1CCC[C@H](n2cncn2)C1. The number of piperidine rings is 1. The summed E-state index contributed by atoms with van der Waals surface area (Å²) in [6.07, 6.45) is 5.34. The number of hydrogen-bond acceptors (Lipinski definition) is 4. The Bertz CT molecular complexity index is 719. The van der Waals surface area contributed by atoms with Crippen LogP contribution in [0.1, 0.15) is 24.4 Å². The summed E-state index contributed by atoms with van der Waals surface area (Å²) in [6.45, 7) is 1.42. The van der Waals surface area contributed by atoms with E-state index in [9.17, 15) is 4.79 Å². The molecule has 0 bridgehead atoms. The number of hydrogen-bond donors (Lipinski definition) is 0. The minimum absolute atomic E-state index is 0.0436. The highest BCUT2D eigenvalue weighted by Gasteiger charge is 2.35. The molecular formula is C16H17ClN4O2. The van der Waals surface area contributed by atoms with Crippen molar-refractivity contribution in [1.82, 2.24) is 19.7 Å². The molecule has 2 aromatic rings. The molecule has 4 rings (SSSR count). The molecule has 1 aromatic heterocycles. The normalized spacial score (nSPS) is 23.4. The number of likely N-dealkylation sites (tertiary alicyclic amines) is 1. The number of rotatable bonds is 2. The Hall–Kier alpha value is -2.08. The molecule has 120 valence electrons. The molecule has 1 aromatic carbocycles. The lowest BCUT2D eigenvalue weighted by atomic mass is 10.0. The molecule has 0 radical (unpaired) electrons. The maximum atomic E-state index is 12.8. The predicted octanol–water partition coefficient (Wildman–Crippen LogP) is 2.10. The van der Waals surface area contributed by atoms with E-state index >= 15 is 0 Å². The molecule has 0 N–H and O–H groups in total. The van der Waals surface area contributed by atoms with Gasteiger partial charge >= 0.3 is 0 Å². The lowest BCUT2D eigenvalue weighted by molar-refractivity contribution is -0.139. The maximum absolute atomic E-state index is 12.8. The first-order valence-corrected chi connectivity index (χ1v) is 8.16. The zero-order valence-electron chi connectivity index (χ0n) is 12.6. The highest BCUT2D eigenvalue weighted by atomic mass is 35.5. The molecule has 0 spiro atoms. The van der Waals surface area contributed by atoms with Crippen LogP contribution in [0.5, 0.6) is 5.75 Å². The Morgan fingerprint density at radius 3 is 3.13 bits per heavy atom. The molecule has 3 heterocycles. The smallest absolute Gasteiger partial charge is 0.264 e. The summed E-state index contributed by atoms with van der Waals surface area (Å²) in [7, 11) is 0. The predicted molar refractivity (Wildman–Crippen MR) is 84.4 cm³/mol. The monoisotopic (exact) mass is 332 g/mol. The molecule has 6 nitrogen and oxygen atoms in total. The van der Waals surface area contributed by atoms with Crippen molar-refractivity contribution < 1.29 is 9.53 Å². The number of fused-ring (bicyclic) bond motifs is 1. The fourth-order valence-electron chi connectivity index (χ4n) is 3.34. The zero-order chi connectivity index (χ0) is 15.8. The van der Waals surface area contributed by atoms with Gasteiger partial charge < -0.3 is 9.64 Å². The molecule has 1 saturated heterocycles. The fraction of sp³-hybridized carbons (Fsp3) is 0.438. The largest absolute Gasteiger partial charge is 0.480 e. The Kier molecular flexibility index (Phi) is 3.69. The van der Waals surface area contributed by atoms with Crippen molar-refractivity contribution in [2.24, 2.45) is 0 Å². The first-order chi connectivity index (χ1) is 11.2. The Balaban J connectivity index is 1.45. The molecule has 2 atom stereocenters. The van der Waals surface area contributed by atoms with Gasteiger partial charge in [-0.05, 0) is 36.6 Å². The summed E-state index contributed by atoms with van der Waals surface area (Å²) in [6, 6.07) is 5.68. The Morgan fingerprint density at radius 1 is 1.39 bits per heavy atom. The van der Waals surface area contributed by atoms with Gasteiger partial charge in [0.15, 0.2) is 6.10 Å². The zero-order valence-corrected chi connectivity index (χ0v) is 13.3. The maximum Gasteiger partial charge on any atom is 0.264 e. The molecule has 2 aliphatic rings. The van der Waals surface area contributed by atoms with Gasteiger partial charge in [0.2, 0.25) is 0 Å². The minimum Gasteiger partial charge on any atom is -0.480 e. The van der Waals surface area contributed by atoms with Gasteiger partial charge in [-0.2, -0.15) is 5.10 Å². The van der Waals surface area contributed by atoms with Crippen LogP contribution in [-0.2, 0) is 11.2 Å². The van der Waals surface area contributed by atoms with Crippen molar-refractivity contribution in [2.75, 3.05) is 13.1 Å². The summed E-state index contributed by atoms with van der Waals surface area (Å²) in [4.78, 5) is 18.7. The van der Waals surface area contributed by atoms with Crippen LogP contribution in [-0.4, -0.2) is 44.8 Å². The summed E-state index contributed by atoms with van der Waals surface area (Å²) < 4.78 is 7.66. The number of amides is 1. The van der Waals surface area contributed by atoms with Gasteiger partial charge in [0, 0.05) is 24.5 Å². The summed E-state index contributed by atoms with van der Waals surface area (Å²) in [5, 5.41) is 4.87. The van der Waals surface area contributed by atoms with Gasteiger partial charge in [0.25, 0.3) is 5.91 Å². The van der Waals surface area contributed by atoms with E-state index in [1.54, 1.807) is 12.4 Å². The first kappa shape index (κ1) is 14.5. The summed E-state index contributed by atoms with van der Waals surface area (Å²) >= 11 is 6.01. The van der Waals surface area contributed by atoms with Gasteiger partial charge in [0.1, 0.15) is 18.4 Å². The van der Waals surface area contributed by atoms with Crippen molar-refractivity contribution in [3.8, 4) is 5.75 Å². The van der Waals surface area contributed by atoms with Crippen LogP contribution in [0.25, 0.3) is 0 Å². The second-order valence-electron chi connectivity index (χ2n) is 6.02. The molecule has 0 unspecified atom stereocenters. The van der Waals surface area contributed by atoms with Gasteiger partial charge in [-0.15, -0.1) is 0 Å². The fourth-order valence-corrected chi connectivity index (χ4v) is 3.53. The van der Waals surface area contributed by atoms with Gasteiger partial charge in [-0.1, -0.05) is 11.6 Å². The van der Waals surface area contributed by atoms with Crippen molar-refractivity contribution in [3.05, 3.63) is 41.4 Å². The highest BCUT2D eigenvalue weighted by molar-refractivity contribution is 6.30. The highest BCUT2D eigenvalue weighted by Crippen LogP contribution is 2.32. The summed E-state index contributed by atoms with van der Waals surface area (Å²) in [5.74, 6) is 0.805. The van der Waals surface area contributed by atoms with E-state index < -0.39 is 6.10 Å². The third-order valence-corrected chi connectivity index (χ3v) is 4.73. The first-order valence-electron chi connectivity index (χ1n) is 7.78. The molecule has 1 fully saturated rings. The molecule has 2 aliphatic heterocycles. The quantitative estimate of drug-likeness (QED) is 0.845. The molecule has 7 heteroatoms. The topological polar surface area (TPSA) is 60.2 Å². The van der Waals surface area contributed by atoms with E-state index in [0.717, 1.165) is 30.7 Å². The molecule has 1 amide bonds. The van der Waals surface area contributed by atoms with Crippen LogP contribution < -0.4 is 4.74 Å². The van der Waals surface area contributed by atoms with Gasteiger partial charge in [-0.3, -0.25) is 4.79 Å². The van der Waals surface area contributed by atoms with Crippen LogP contribution in [0.3, 0.4) is 0 Å². The van der Waals surface area contributed by atoms with Crippen LogP contribution in [0, 0.1) is 0 Å². The van der Waals surface area contributed by atoms with Crippen molar-refractivity contribution in [1.29, 1.82) is 0 Å². The van der Waals surface area contributed by atoms with Gasteiger partial charge in [-0.25, -0.2) is 9.67 Å².